The third-order valence-corrected chi connectivity index (χ3v) is 5.09. The Bertz CT molecular complexity index is 3190. The summed E-state index contributed by atoms with van der Waals surface area (Å²) in [6, 6.07) is -9.29. The van der Waals surface area contributed by atoms with Gasteiger partial charge < -0.3 is 9.97 Å². The van der Waals surface area contributed by atoms with Crippen molar-refractivity contribution in [2.75, 3.05) is 0 Å². The fraction of sp³-hybridized carbons (Fsp3) is 0.171. The van der Waals surface area contributed by atoms with E-state index in [1.807, 2.05) is 0 Å². The molecule has 0 saturated heterocycles. The van der Waals surface area contributed by atoms with Crippen molar-refractivity contribution in [2.24, 2.45) is 5.41 Å². The largest absolute Gasteiger partial charge is 0.305 e. The van der Waals surface area contributed by atoms with Gasteiger partial charge in [0.1, 0.15) is 0 Å². The molecule has 0 bridgehead atoms. The molecule has 0 spiro atoms. The van der Waals surface area contributed by atoms with Gasteiger partial charge in [0.05, 0.1) is 20.6 Å². The molecule has 44 heavy (non-hydrogen) atoms. The van der Waals surface area contributed by atoms with Crippen LogP contribution in [0.4, 0.5) is 0 Å². The molecule has 223 valence electrons. The summed E-state index contributed by atoms with van der Waals surface area (Å²) in [5.74, 6) is 0. The number of hydrogen-bond donors (Lipinski definition) is 0. The molecule has 6 aromatic rings. The van der Waals surface area contributed by atoms with Crippen LogP contribution in [0.15, 0.2) is 127 Å². The predicted molar refractivity (Wildman–Crippen MR) is 181 cm³/mol. The van der Waals surface area contributed by atoms with Gasteiger partial charge in [0, 0.05) is 47.5 Å². The maximum Gasteiger partial charge on any atom is 0.0832 e. The van der Waals surface area contributed by atoms with E-state index < -0.39 is 209 Å². The number of nitrogens with zero attached hydrogens (tertiary/aromatic N) is 2. The second-order valence-corrected chi connectivity index (χ2v) is 9.52. The molecule has 0 unspecified atom stereocenters. The number of hydrogen-bond acceptors (Lipinski definition) is 2. The molecule has 0 fully saturated rings. The molecule has 1 radical (unpaired) electrons. The Balaban J connectivity index is 0.000000312. The first-order valence-corrected chi connectivity index (χ1v) is 12.4. The molecule has 2 aromatic heterocycles. The SMILES string of the molecule is [2H]c1[c-]c(-c2nc([2H])c(C([2H])([2H])[2H])c([2H])c2[2H])c([2H])c(-c2c([2H])c([2H])c([2H])c([2H])c2[2H])c1C([2H])([2H])[2H].[2H]c1[c-]c(-c2nc([2H])c([2H])c(-c3c([2H])c([2H])c(C([2H])([2H])C(C)(C)C)c([2H])c3[2H])c2[2H])c([2H])c([2H])c1[2H].[Ir]. The van der Waals surface area contributed by atoms with E-state index >= 15 is 0 Å². The maximum atomic E-state index is 8.68. The standard InChI is InChI=1S/C22H22N.C19H16N.Ir/c1-22(2,3)16-17-9-11-18(12-10-17)20-13-14-23-21(15-20)19-7-5-4-6-8-19;1-14-8-11-19(20-13-14)17-10-9-15(2)18(12-17)16-6-4-3-5-7-16;/h4-7,9-15H,16H2,1-3H3;3-9,11-13H,1-2H3;/q2*-1;/i4D,5D,6D,7D,9D,10D,11D,12D,13D,14D,15D,16D2;1D3,2D3,3D,4D,5D,6D,7D,8D,9D,11D,12D,13D;. The van der Waals surface area contributed by atoms with Crippen LogP contribution in [0.3, 0.4) is 0 Å². The predicted octanol–water partition coefficient (Wildman–Crippen LogP) is 10.6. The van der Waals surface area contributed by atoms with Crippen molar-refractivity contribution >= 4 is 0 Å². The molecule has 4 aromatic carbocycles. The van der Waals surface area contributed by atoms with E-state index in [1.165, 1.54) is 0 Å². The maximum absolute atomic E-state index is 8.68. The zero-order chi connectivity index (χ0) is 55.3. The van der Waals surface area contributed by atoms with Crippen molar-refractivity contribution in [1.29, 1.82) is 0 Å². The molecule has 6 rings (SSSR count). The number of rotatable bonds is 5. The van der Waals surface area contributed by atoms with E-state index in [9.17, 15) is 0 Å². The topological polar surface area (TPSA) is 25.8 Å². The molecule has 0 aliphatic rings. The normalized spacial score (nSPS) is 21.0. The average Bonchev–Trinajstić information content (AvgIpc) is 3.25. The van der Waals surface area contributed by atoms with Gasteiger partial charge in [-0.3, -0.25) is 0 Å². The van der Waals surface area contributed by atoms with Crippen molar-refractivity contribution in [3.05, 3.63) is 156 Å². The minimum atomic E-state index is -3.09. The molecule has 2 nitrogen and oxygen atoms in total. The summed E-state index contributed by atoms with van der Waals surface area (Å²) in [6.07, 6.45) is -3.90. The molecule has 0 aliphatic heterocycles. The minimum Gasteiger partial charge on any atom is -0.305 e. The fourth-order valence-corrected chi connectivity index (χ4v) is 3.30. The summed E-state index contributed by atoms with van der Waals surface area (Å²) in [5, 5.41) is 0. The Morgan fingerprint density at radius 3 is 2.27 bits per heavy atom. The Morgan fingerprint density at radius 1 is 0.727 bits per heavy atom. The van der Waals surface area contributed by atoms with Gasteiger partial charge in [-0.05, 0) is 68.0 Å². The van der Waals surface area contributed by atoms with Gasteiger partial charge in [-0.2, -0.15) is 0 Å². The van der Waals surface area contributed by atoms with Gasteiger partial charge in [0.15, 0.2) is 0 Å². The van der Waals surface area contributed by atoms with Crippen molar-refractivity contribution in [3.63, 3.8) is 0 Å². The first-order chi connectivity index (χ1) is 32.7. The zero-order valence-corrected chi connectivity index (χ0v) is 25.6. The first kappa shape index (κ1) is 11.6. The zero-order valence-electron chi connectivity index (χ0n) is 52.2. The van der Waals surface area contributed by atoms with Gasteiger partial charge in [0.2, 0.25) is 0 Å². The number of aromatic nitrogens is 2. The van der Waals surface area contributed by atoms with Gasteiger partial charge in [-0.15, -0.1) is 65.1 Å². The number of benzene rings is 4. The molecule has 0 atom stereocenters. The summed E-state index contributed by atoms with van der Waals surface area (Å²) >= 11 is 0. The van der Waals surface area contributed by atoms with Gasteiger partial charge in [0.25, 0.3) is 0 Å². The van der Waals surface area contributed by atoms with E-state index in [0.717, 1.165) is 0 Å². The summed E-state index contributed by atoms with van der Waals surface area (Å²) in [6.45, 7) is -1.39. The number of pyridine rings is 2. The van der Waals surface area contributed by atoms with Crippen LogP contribution in [0.1, 0.15) is 77.2 Å². The van der Waals surface area contributed by atoms with Crippen LogP contribution >= 0.6 is 0 Å². The molecule has 3 heteroatoms. The third kappa shape index (κ3) is 8.92. The Labute approximate surface area is 317 Å². The van der Waals surface area contributed by atoms with Crippen molar-refractivity contribution in [1.82, 2.24) is 9.97 Å². The second kappa shape index (κ2) is 15.0. The first-order valence-electron chi connectivity index (χ1n) is 26.9. The van der Waals surface area contributed by atoms with Gasteiger partial charge in [-0.25, -0.2) is 0 Å². The van der Waals surface area contributed by atoms with Crippen molar-refractivity contribution in [2.45, 2.75) is 40.8 Å². The van der Waals surface area contributed by atoms with Gasteiger partial charge >= 0.3 is 0 Å². The third-order valence-electron chi connectivity index (χ3n) is 5.09. The fourth-order valence-electron chi connectivity index (χ4n) is 3.30. The average molecular weight is 780 g/mol. The summed E-state index contributed by atoms with van der Waals surface area (Å²) < 4.78 is 235. The van der Waals surface area contributed by atoms with Crippen LogP contribution in [0.2, 0.25) is 0 Å². The van der Waals surface area contributed by atoms with Crippen LogP contribution in [0.25, 0.3) is 44.8 Å². The quantitative estimate of drug-likeness (QED) is 0.163. The van der Waals surface area contributed by atoms with Crippen LogP contribution in [-0.2, 0) is 26.5 Å². The van der Waals surface area contributed by atoms with Crippen LogP contribution in [-0.4, -0.2) is 9.97 Å². The molecule has 0 saturated carbocycles. The monoisotopic (exact) mass is 780 g/mol. The molecular formula is C41H38IrN2-2. The van der Waals surface area contributed by atoms with E-state index in [2.05, 4.69) is 22.1 Å². The molecule has 0 aliphatic carbocycles. The molecule has 2 heterocycles. The van der Waals surface area contributed by atoms with Crippen LogP contribution in [0.5, 0.6) is 0 Å². The Hall–Kier alpha value is -4.17. The summed E-state index contributed by atoms with van der Waals surface area (Å²) in [5.41, 5.74) is -7.60. The summed E-state index contributed by atoms with van der Waals surface area (Å²) in [7, 11) is 0. The molecule has 0 amide bonds. The van der Waals surface area contributed by atoms with E-state index in [1.54, 1.807) is 20.8 Å². The van der Waals surface area contributed by atoms with E-state index in [0.29, 0.717) is 0 Å². The van der Waals surface area contributed by atoms with Gasteiger partial charge in [-0.1, -0.05) is 106 Å². The minimum absolute atomic E-state index is 0. The molecule has 0 N–H and O–H groups in total. The smallest absolute Gasteiger partial charge is 0.0832 e. The summed E-state index contributed by atoms with van der Waals surface area (Å²) in [4.78, 5) is 7.55. The Kier molecular flexibility index (Phi) is 3.97. The Morgan fingerprint density at radius 2 is 1.52 bits per heavy atom. The molecular weight excluding hydrogens is 713 g/mol. The van der Waals surface area contributed by atoms with Crippen LogP contribution in [0, 0.1) is 31.3 Å². The van der Waals surface area contributed by atoms with E-state index in [4.69, 9.17) is 39.8 Å². The van der Waals surface area contributed by atoms with Crippen LogP contribution < -0.4 is 0 Å². The van der Waals surface area contributed by atoms with Crippen molar-refractivity contribution in [3.8, 4) is 44.8 Å². The second-order valence-electron chi connectivity index (χ2n) is 9.52. The van der Waals surface area contributed by atoms with Crippen molar-refractivity contribution < 1.29 is 59.9 Å². The van der Waals surface area contributed by atoms with E-state index in [-0.39, 0.29) is 25.7 Å².